The van der Waals surface area contributed by atoms with Crippen LogP contribution in [0.5, 0.6) is 0 Å². The molecule has 6 rings (SSSR count). The van der Waals surface area contributed by atoms with Crippen LogP contribution in [0.3, 0.4) is 0 Å². The molecule has 0 saturated carbocycles. The molecule has 0 aliphatic rings. The maximum absolute atomic E-state index is 5.67. The zero-order valence-electron chi connectivity index (χ0n) is 24.1. The molecule has 0 aliphatic carbocycles. The fourth-order valence-corrected chi connectivity index (χ4v) is 5.11. The Morgan fingerprint density at radius 3 is 1.20 bits per heavy atom. The maximum atomic E-state index is 5.67. The molecule has 0 amide bonds. The van der Waals surface area contributed by atoms with Crippen molar-refractivity contribution in [2.45, 2.75) is 39.2 Å². The molecule has 0 saturated heterocycles. The third-order valence-corrected chi connectivity index (χ3v) is 54.9. The Kier molecular flexibility index (Phi) is 11.1. The van der Waals surface area contributed by atoms with E-state index in [9.17, 15) is 0 Å². The second-order valence-electron chi connectivity index (χ2n) is 10.6. The molecule has 0 unspecified atom stereocenters. The van der Waals surface area contributed by atoms with Gasteiger partial charge in [-0.1, -0.05) is 124 Å². The zero-order chi connectivity index (χ0) is 28.8. The average Bonchev–Trinajstić information content (AvgIpc) is 3.47. The van der Waals surface area contributed by atoms with Gasteiger partial charge in [0.1, 0.15) is 0 Å². The SMILES string of the molecule is Cc1cc(-c2cccc3ccccc23)c(C)[cH-]1.Cc1cc(-c2cccc3ccccc23)c(C)[cH-]1.[CH3][Ge]([CH3])=[Hf]([Cl])[Cl]. The number of benzene rings is 4. The van der Waals surface area contributed by atoms with Crippen LogP contribution in [0.25, 0.3) is 43.8 Å². The van der Waals surface area contributed by atoms with Crippen LogP contribution < -0.4 is 0 Å². The van der Waals surface area contributed by atoms with E-state index < -0.39 is 26.0 Å². The monoisotopic (exact) mass is 792 g/mol. The summed E-state index contributed by atoms with van der Waals surface area (Å²) in [5.41, 5.74) is 10.8. The Balaban J connectivity index is 0.000000155. The first kappa shape index (κ1) is 31.0. The number of rotatable bonds is 2. The molecule has 6 aromatic rings. The summed E-state index contributed by atoms with van der Waals surface area (Å²) >= 11 is -1.72. The predicted octanol–water partition coefficient (Wildman–Crippen LogP) is 11.8. The second kappa shape index (κ2) is 14.3. The van der Waals surface area contributed by atoms with Gasteiger partial charge in [-0.3, -0.25) is 0 Å². The van der Waals surface area contributed by atoms with Crippen molar-refractivity contribution >= 4 is 48.8 Å². The normalized spacial score (nSPS) is 10.5. The molecule has 0 nitrogen and oxygen atoms in total. The van der Waals surface area contributed by atoms with E-state index in [1.165, 1.54) is 66.1 Å². The number of hydrogen-bond acceptors (Lipinski definition) is 0. The Morgan fingerprint density at radius 2 is 0.875 bits per heavy atom. The summed E-state index contributed by atoms with van der Waals surface area (Å²) in [5.74, 6) is 4.48. The minimum atomic E-state index is -1.72. The van der Waals surface area contributed by atoms with Crippen molar-refractivity contribution in [2.24, 2.45) is 0 Å². The van der Waals surface area contributed by atoms with Crippen molar-refractivity contribution < 1.29 is 16.0 Å². The summed E-state index contributed by atoms with van der Waals surface area (Å²) in [5, 5.41) is 5.29. The van der Waals surface area contributed by atoms with E-state index in [-0.39, 0.29) is 0 Å². The Labute approximate surface area is 255 Å². The number of fused-ring (bicyclic) bond motifs is 2. The van der Waals surface area contributed by atoms with Crippen LogP contribution in [0.1, 0.15) is 22.3 Å². The summed E-state index contributed by atoms with van der Waals surface area (Å²) in [6.45, 7) is 8.68. The van der Waals surface area contributed by atoms with Gasteiger partial charge < -0.3 is 0 Å². The summed E-state index contributed by atoms with van der Waals surface area (Å²) in [4.78, 5) is 0. The van der Waals surface area contributed by atoms with Gasteiger partial charge in [0.2, 0.25) is 0 Å². The third kappa shape index (κ3) is 7.68. The minimum absolute atomic E-state index is 0.719. The molecule has 0 spiro atoms. The van der Waals surface area contributed by atoms with E-state index in [2.05, 4.69) is 148 Å². The Hall–Kier alpha value is -1.91. The third-order valence-electron chi connectivity index (χ3n) is 7.02. The molecule has 0 aromatic heterocycles. The molecule has 40 heavy (non-hydrogen) atoms. The van der Waals surface area contributed by atoms with E-state index in [1.807, 2.05) is 0 Å². The first-order valence-corrected chi connectivity index (χ1v) is 37.1. The zero-order valence-corrected chi connectivity index (χ0v) is 31.4. The van der Waals surface area contributed by atoms with Crippen molar-refractivity contribution in [1.82, 2.24) is 0 Å². The van der Waals surface area contributed by atoms with Gasteiger partial charge >= 0.3 is 54.7 Å². The van der Waals surface area contributed by atoms with E-state index in [1.54, 1.807) is 0 Å². The Morgan fingerprint density at radius 1 is 0.525 bits per heavy atom. The van der Waals surface area contributed by atoms with E-state index >= 15 is 0 Å². The van der Waals surface area contributed by atoms with Crippen LogP contribution in [0.4, 0.5) is 0 Å². The van der Waals surface area contributed by atoms with Crippen molar-refractivity contribution in [3.63, 3.8) is 0 Å². The van der Waals surface area contributed by atoms with E-state index in [0.29, 0.717) is 0 Å². The van der Waals surface area contributed by atoms with Gasteiger partial charge in [0.25, 0.3) is 0 Å². The molecule has 0 N–H and O–H groups in total. The fraction of sp³-hybridized carbons (Fsp3) is 0.167. The van der Waals surface area contributed by atoms with Crippen LogP contribution in [0.2, 0.25) is 11.5 Å². The van der Waals surface area contributed by atoms with Crippen molar-refractivity contribution in [3.05, 3.63) is 131 Å². The molecule has 6 aromatic carbocycles. The van der Waals surface area contributed by atoms with Gasteiger partial charge in [0.15, 0.2) is 0 Å². The standard InChI is InChI=1S/2C17H15.C2H6Ge.2ClH.Hf/c2*1-12-10-13(2)17(11-12)16-9-5-7-14-6-3-4-8-15(14)16;1-3-2;;;/h2*3-11H,1-2H3;1-2H3;2*1H;/q2*-1;;;;+2/p-2. The van der Waals surface area contributed by atoms with Crippen LogP contribution in [-0.2, 0) is 16.0 Å². The summed E-state index contributed by atoms with van der Waals surface area (Å²) in [6, 6.07) is 39.2. The molecular weight excluding hydrogens is 754 g/mol. The van der Waals surface area contributed by atoms with Crippen molar-refractivity contribution in [3.8, 4) is 22.3 Å². The van der Waals surface area contributed by atoms with Crippen LogP contribution in [0, 0.1) is 27.7 Å². The molecule has 204 valence electrons. The quantitative estimate of drug-likeness (QED) is 0.121. The topological polar surface area (TPSA) is 0 Å². The van der Waals surface area contributed by atoms with E-state index in [0.717, 1.165) is 0 Å². The van der Waals surface area contributed by atoms with Gasteiger partial charge in [0.05, 0.1) is 0 Å². The van der Waals surface area contributed by atoms with Gasteiger partial charge in [-0.25, -0.2) is 12.1 Å². The number of hydrogen-bond donors (Lipinski definition) is 0. The molecule has 0 bridgehead atoms. The number of halogens is 2. The van der Waals surface area contributed by atoms with Gasteiger partial charge in [-0.05, 0) is 21.5 Å². The van der Waals surface area contributed by atoms with Crippen LogP contribution >= 0.6 is 17.2 Å². The summed E-state index contributed by atoms with van der Waals surface area (Å²) in [7, 11) is 10.6. The summed E-state index contributed by atoms with van der Waals surface area (Å²) in [6.07, 6.45) is 0. The van der Waals surface area contributed by atoms with Crippen molar-refractivity contribution in [1.29, 1.82) is 0 Å². The second-order valence-corrected chi connectivity index (χ2v) is 62.6. The predicted molar refractivity (Wildman–Crippen MR) is 178 cm³/mol. The van der Waals surface area contributed by atoms with Gasteiger partial charge in [0, 0.05) is 0 Å². The first-order valence-electron chi connectivity index (χ1n) is 13.6. The molecule has 0 fully saturated rings. The molecule has 0 radical (unpaired) electrons. The number of aryl methyl sites for hydroxylation is 4. The summed E-state index contributed by atoms with van der Waals surface area (Å²) < 4.78 is 0. The van der Waals surface area contributed by atoms with Crippen LogP contribution in [0.15, 0.2) is 109 Å². The molecule has 0 aliphatic heterocycles. The van der Waals surface area contributed by atoms with Gasteiger partial charge in [-0.15, -0.1) is 0 Å². The molecule has 0 heterocycles. The first-order chi connectivity index (χ1) is 19.2. The van der Waals surface area contributed by atoms with Crippen LogP contribution in [-0.4, -0.2) is 10.1 Å². The molecule has 0 atom stereocenters. The molecular formula is C36H36Cl2GeHf-2. The van der Waals surface area contributed by atoms with E-state index in [4.69, 9.17) is 17.2 Å². The van der Waals surface area contributed by atoms with Crippen molar-refractivity contribution in [2.75, 3.05) is 0 Å². The van der Waals surface area contributed by atoms with Gasteiger partial charge in [-0.2, -0.15) is 45.5 Å². The fourth-order valence-electron chi connectivity index (χ4n) is 5.11. The average molecular weight is 791 g/mol. The Bertz CT molecular complexity index is 1640. The molecule has 4 heteroatoms.